The molecular formula is C17H16. The molecule has 1 aromatic rings. The van der Waals surface area contributed by atoms with Crippen molar-refractivity contribution in [3.8, 4) is 0 Å². The van der Waals surface area contributed by atoms with E-state index in [9.17, 15) is 0 Å². The van der Waals surface area contributed by atoms with Gasteiger partial charge in [0.15, 0.2) is 0 Å². The lowest BCUT2D eigenvalue weighted by Gasteiger charge is -2.12. The van der Waals surface area contributed by atoms with Gasteiger partial charge in [0, 0.05) is 5.92 Å². The van der Waals surface area contributed by atoms with Gasteiger partial charge >= 0.3 is 0 Å². The minimum absolute atomic E-state index is 0.346. The van der Waals surface area contributed by atoms with Gasteiger partial charge in [0.05, 0.1) is 0 Å². The SMILES string of the molecule is C=CC=CC1C=CC=CC1=Cc1ccccc1. The largest absolute Gasteiger partial charge is 0.0991 e. The third-order valence-electron chi connectivity index (χ3n) is 2.69. The fourth-order valence-electron chi connectivity index (χ4n) is 1.83. The van der Waals surface area contributed by atoms with Crippen molar-refractivity contribution in [2.24, 2.45) is 5.92 Å². The van der Waals surface area contributed by atoms with Crippen molar-refractivity contribution in [1.29, 1.82) is 0 Å². The van der Waals surface area contributed by atoms with E-state index in [-0.39, 0.29) is 0 Å². The Bertz CT molecular complexity index is 484. The third kappa shape index (κ3) is 3.18. The molecule has 0 saturated heterocycles. The van der Waals surface area contributed by atoms with Crippen molar-refractivity contribution in [3.05, 3.63) is 90.6 Å². The average molecular weight is 220 g/mol. The molecule has 0 heterocycles. The van der Waals surface area contributed by atoms with Gasteiger partial charge in [-0.2, -0.15) is 0 Å². The Hall–Kier alpha value is -2.08. The molecule has 1 atom stereocenters. The molecule has 0 heteroatoms. The van der Waals surface area contributed by atoms with E-state index in [1.807, 2.05) is 18.2 Å². The van der Waals surface area contributed by atoms with Crippen molar-refractivity contribution >= 4 is 6.08 Å². The first-order valence-corrected chi connectivity index (χ1v) is 5.81. The second-order valence-corrected chi connectivity index (χ2v) is 3.95. The lowest BCUT2D eigenvalue weighted by molar-refractivity contribution is 1.00. The molecule has 1 aliphatic carbocycles. The maximum atomic E-state index is 3.71. The zero-order valence-electron chi connectivity index (χ0n) is 9.79. The van der Waals surface area contributed by atoms with E-state index in [2.05, 4.69) is 67.3 Å². The minimum atomic E-state index is 0.346. The first-order chi connectivity index (χ1) is 8.40. The first-order valence-electron chi connectivity index (χ1n) is 5.81. The summed E-state index contributed by atoms with van der Waals surface area (Å²) in [6, 6.07) is 10.4. The lowest BCUT2D eigenvalue weighted by Crippen LogP contribution is -1.97. The number of hydrogen-bond donors (Lipinski definition) is 0. The molecule has 0 fully saturated rings. The van der Waals surface area contributed by atoms with Crippen LogP contribution in [0.15, 0.2) is 85.0 Å². The van der Waals surface area contributed by atoms with Gasteiger partial charge in [-0.25, -0.2) is 0 Å². The van der Waals surface area contributed by atoms with E-state index >= 15 is 0 Å². The predicted octanol–water partition coefficient (Wildman–Crippen LogP) is 4.55. The summed E-state index contributed by atoms with van der Waals surface area (Å²) in [6.07, 6.45) is 16.7. The van der Waals surface area contributed by atoms with Gasteiger partial charge in [-0.1, -0.05) is 85.5 Å². The maximum Gasteiger partial charge on any atom is 0.0205 e. The van der Waals surface area contributed by atoms with Gasteiger partial charge in [0.1, 0.15) is 0 Å². The number of benzene rings is 1. The summed E-state index contributed by atoms with van der Waals surface area (Å²) in [6.45, 7) is 3.71. The van der Waals surface area contributed by atoms with E-state index in [1.165, 1.54) is 11.1 Å². The van der Waals surface area contributed by atoms with Crippen LogP contribution in [-0.4, -0.2) is 0 Å². The Morgan fingerprint density at radius 3 is 2.65 bits per heavy atom. The molecular weight excluding hydrogens is 204 g/mol. The van der Waals surface area contributed by atoms with Crippen LogP contribution in [0.1, 0.15) is 5.56 Å². The first kappa shape index (κ1) is 11.4. The standard InChI is InChI=1S/C17H16/c1-2-3-11-16-12-7-8-13-17(16)14-15-9-5-4-6-10-15/h2-14,16H,1H2. The van der Waals surface area contributed by atoms with Crippen LogP contribution in [0.25, 0.3) is 6.08 Å². The van der Waals surface area contributed by atoms with Gasteiger partial charge in [0.2, 0.25) is 0 Å². The van der Waals surface area contributed by atoms with Crippen molar-refractivity contribution < 1.29 is 0 Å². The maximum absolute atomic E-state index is 3.71. The van der Waals surface area contributed by atoms with Gasteiger partial charge < -0.3 is 0 Å². The zero-order valence-corrected chi connectivity index (χ0v) is 9.79. The highest BCUT2D eigenvalue weighted by Gasteiger charge is 2.07. The molecule has 0 saturated carbocycles. The summed E-state index contributed by atoms with van der Waals surface area (Å²) in [7, 11) is 0. The second kappa shape index (κ2) is 5.86. The highest BCUT2D eigenvalue weighted by atomic mass is 14.1. The second-order valence-electron chi connectivity index (χ2n) is 3.95. The van der Waals surface area contributed by atoms with Gasteiger partial charge in [-0.05, 0) is 11.1 Å². The van der Waals surface area contributed by atoms with Crippen molar-refractivity contribution in [1.82, 2.24) is 0 Å². The fourth-order valence-corrected chi connectivity index (χ4v) is 1.83. The molecule has 0 amide bonds. The Morgan fingerprint density at radius 1 is 1.06 bits per heavy atom. The molecule has 17 heavy (non-hydrogen) atoms. The summed E-state index contributed by atoms with van der Waals surface area (Å²) >= 11 is 0. The molecule has 0 aliphatic heterocycles. The third-order valence-corrected chi connectivity index (χ3v) is 2.69. The van der Waals surface area contributed by atoms with Crippen LogP contribution < -0.4 is 0 Å². The molecule has 0 N–H and O–H groups in total. The molecule has 1 aliphatic rings. The number of hydrogen-bond acceptors (Lipinski definition) is 0. The van der Waals surface area contributed by atoms with Gasteiger partial charge in [-0.15, -0.1) is 0 Å². The smallest absolute Gasteiger partial charge is 0.0205 e. The molecule has 0 radical (unpaired) electrons. The van der Waals surface area contributed by atoms with Gasteiger partial charge in [0.25, 0.3) is 0 Å². The minimum Gasteiger partial charge on any atom is -0.0991 e. The Morgan fingerprint density at radius 2 is 1.88 bits per heavy atom. The molecule has 0 nitrogen and oxygen atoms in total. The highest BCUT2D eigenvalue weighted by molar-refractivity contribution is 5.59. The monoisotopic (exact) mass is 220 g/mol. The zero-order chi connectivity index (χ0) is 11.9. The average Bonchev–Trinajstić information content (AvgIpc) is 2.39. The van der Waals surface area contributed by atoms with E-state index in [1.54, 1.807) is 0 Å². The van der Waals surface area contributed by atoms with Crippen molar-refractivity contribution in [2.75, 3.05) is 0 Å². The molecule has 84 valence electrons. The van der Waals surface area contributed by atoms with Crippen LogP contribution in [0, 0.1) is 5.92 Å². The van der Waals surface area contributed by atoms with Crippen molar-refractivity contribution in [2.45, 2.75) is 0 Å². The summed E-state index contributed by atoms with van der Waals surface area (Å²) in [5.74, 6) is 0.346. The summed E-state index contributed by atoms with van der Waals surface area (Å²) in [5.41, 5.74) is 2.54. The van der Waals surface area contributed by atoms with Crippen LogP contribution in [0.3, 0.4) is 0 Å². The molecule has 0 spiro atoms. The van der Waals surface area contributed by atoms with Crippen LogP contribution in [0.2, 0.25) is 0 Å². The fraction of sp³-hybridized carbons (Fsp3) is 0.0588. The normalized spacial score (nSPS) is 21.2. The van der Waals surface area contributed by atoms with E-state index in [0.717, 1.165) is 0 Å². The van der Waals surface area contributed by atoms with Crippen molar-refractivity contribution in [3.63, 3.8) is 0 Å². The van der Waals surface area contributed by atoms with Gasteiger partial charge in [-0.3, -0.25) is 0 Å². The van der Waals surface area contributed by atoms with Crippen LogP contribution in [0.4, 0.5) is 0 Å². The molecule has 0 aromatic heterocycles. The quantitative estimate of drug-likeness (QED) is 0.655. The molecule has 0 bridgehead atoms. The summed E-state index contributed by atoms with van der Waals surface area (Å²) in [4.78, 5) is 0. The molecule has 1 aromatic carbocycles. The van der Waals surface area contributed by atoms with Crippen LogP contribution in [0.5, 0.6) is 0 Å². The van der Waals surface area contributed by atoms with E-state index < -0.39 is 0 Å². The molecule has 2 rings (SSSR count). The highest BCUT2D eigenvalue weighted by Crippen LogP contribution is 2.22. The Labute approximate surface area is 103 Å². The summed E-state index contributed by atoms with van der Waals surface area (Å²) in [5, 5.41) is 0. The van der Waals surface area contributed by atoms with E-state index in [0.29, 0.717) is 5.92 Å². The Balaban J connectivity index is 2.26. The number of allylic oxidation sites excluding steroid dienone is 8. The Kier molecular flexibility index (Phi) is 3.93. The number of rotatable bonds is 3. The van der Waals surface area contributed by atoms with Crippen LogP contribution in [-0.2, 0) is 0 Å². The van der Waals surface area contributed by atoms with Crippen LogP contribution >= 0.6 is 0 Å². The predicted molar refractivity (Wildman–Crippen MR) is 75.5 cm³/mol. The molecule has 1 unspecified atom stereocenters. The summed E-state index contributed by atoms with van der Waals surface area (Å²) < 4.78 is 0. The van der Waals surface area contributed by atoms with E-state index in [4.69, 9.17) is 0 Å². The topological polar surface area (TPSA) is 0 Å². The lowest BCUT2D eigenvalue weighted by atomic mass is 9.92.